The third-order valence-electron chi connectivity index (χ3n) is 3.70. The zero-order valence-electron chi connectivity index (χ0n) is 14.1. The van der Waals surface area contributed by atoms with Crippen molar-refractivity contribution in [2.45, 2.75) is 26.5 Å². The summed E-state index contributed by atoms with van der Waals surface area (Å²) < 4.78 is 10.9. The highest BCUT2D eigenvalue weighted by molar-refractivity contribution is 5.80. The molecule has 0 aliphatic heterocycles. The van der Waals surface area contributed by atoms with E-state index in [9.17, 15) is 4.79 Å². The molecule has 122 valence electrons. The van der Waals surface area contributed by atoms with Gasteiger partial charge in [0.25, 0.3) is 5.91 Å². The maximum atomic E-state index is 12.5. The van der Waals surface area contributed by atoms with Crippen molar-refractivity contribution in [3.8, 4) is 11.5 Å². The van der Waals surface area contributed by atoms with Crippen molar-refractivity contribution in [1.29, 1.82) is 0 Å². The normalized spacial score (nSPS) is 11.7. The Balaban J connectivity index is 1.96. The highest BCUT2D eigenvalue weighted by Gasteiger charge is 2.19. The average molecular weight is 313 g/mol. The number of likely N-dealkylation sites (N-methyl/N-ethyl adjacent to an activating group) is 1. The average Bonchev–Trinajstić information content (AvgIpc) is 2.56. The van der Waals surface area contributed by atoms with Crippen molar-refractivity contribution in [2.75, 3.05) is 14.2 Å². The van der Waals surface area contributed by atoms with E-state index in [2.05, 4.69) is 0 Å². The summed E-state index contributed by atoms with van der Waals surface area (Å²) in [6.45, 7) is 4.27. The fourth-order valence-corrected chi connectivity index (χ4v) is 2.32. The van der Waals surface area contributed by atoms with Gasteiger partial charge in [0, 0.05) is 13.6 Å². The molecule has 0 saturated carbocycles. The number of nitrogens with zero attached hydrogens (tertiary/aromatic N) is 1. The summed E-state index contributed by atoms with van der Waals surface area (Å²) in [5.41, 5.74) is 2.06. The molecule has 4 heteroatoms. The lowest BCUT2D eigenvalue weighted by Gasteiger charge is -2.23. The van der Waals surface area contributed by atoms with Crippen LogP contribution in [0.4, 0.5) is 0 Å². The molecule has 0 aromatic heterocycles. The van der Waals surface area contributed by atoms with Gasteiger partial charge in [0.05, 0.1) is 7.11 Å². The number of carbonyl (C=O) groups excluding carboxylic acids is 1. The molecule has 2 aromatic rings. The molecule has 0 saturated heterocycles. The van der Waals surface area contributed by atoms with Gasteiger partial charge in [-0.1, -0.05) is 30.3 Å². The van der Waals surface area contributed by atoms with Gasteiger partial charge in [-0.15, -0.1) is 0 Å². The van der Waals surface area contributed by atoms with Crippen LogP contribution in [0.1, 0.15) is 18.1 Å². The zero-order chi connectivity index (χ0) is 16.8. The molecule has 4 nitrogen and oxygen atoms in total. The lowest BCUT2D eigenvalue weighted by Crippen LogP contribution is -2.37. The van der Waals surface area contributed by atoms with Crippen molar-refractivity contribution < 1.29 is 14.3 Å². The van der Waals surface area contributed by atoms with Gasteiger partial charge in [-0.3, -0.25) is 4.79 Å². The van der Waals surface area contributed by atoms with E-state index in [-0.39, 0.29) is 5.91 Å². The second kappa shape index (κ2) is 7.68. The Morgan fingerprint density at radius 2 is 1.78 bits per heavy atom. The standard InChI is InChI=1S/C19H23NO3/c1-14-7-5-6-8-18(14)23-15(2)19(21)20(3)13-16-9-11-17(22-4)12-10-16/h5-12,15H,13H2,1-4H3/t15-/m1/s1. The van der Waals surface area contributed by atoms with Crippen LogP contribution in [-0.4, -0.2) is 31.1 Å². The van der Waals surface area contributed by atoms with Gasteiger partial charge in [0.2, 0.25) is 0 Å². The van der Waals surface area contributed by atoms with Crippen LogP contribution >= 0.6 is 0 Å². The summed E-state index contributed by atoms with van der Waals surface area (Å²) >= 11 is 0. The van der Waals surface area contributed by atoms with Gasteiger partial charge in [0.15, 0.2) is 6.10 Å². The summed E-state index contributed by atoms with van der Waals surface area (Å²) in [4.78, 5) is 14.1. The number of aryl methyl sites for hydroxylation is 1. The minimum absolute atomic E-state index is 0.0518. The first kappa shape index (κ1) is 16.9. The number of amides is 1. The number of hydrogen-bond acceptors (Lipinski definition) is 3. The molecular weight excluding hydrogens is 290 g/mol. The van der Waals surface area contributed by atoms with Crippen molar-refractivity contribution >= 4 is 5.91 Å². The predicted molar refractivity (Wildman–Crippen MR) is 90.7 cm³/mol. The minimum Gasteiger partial charge on any atom is -0.497 e. The lowest BCUT2D eigenvalue weighted by molar-refractivity contribution is -0.137. The third-order valence-corrected chi connectivity index (χ3v) is 3.70. The largest absolute Gasteiger partial charge is 0.497 e. The molecule has 0 spiro atoms. The van der Waals surface area contributed by atoms with Gasteiger partial charge in [-0.25, -0.2) is 0 Å². The second-order valence-corrected chi connectivity index (χ2v) is 5.57. The molecular formula is C19H23NO3. The topological polar surface area (TPSA) is 38.8 Å². The molecule has 1 atom stereocenters. The van der Waals surface area contributed by atoms with Gasteiger partial charge in [-0.05, 0) is 43.2 Å². The quantitative estimate of drug-likeness (QED) is 0.820. The fraction of sp³-hybridized carbons (Fsp3) is 0.316. The van der Waals surface area contributed by atoms with Crippen LogP contribution in [0.2, 0.25) is 0 Å². The highest BCUT2D eigenvalue weighted by Crippen LogP contribution is 2.19. The van der Waals surface area contributed by atoms with Crippen molar-refractivity contribution in [1.82, 2.24) is 4.90 Å². The Morgan fingerprint density at radius 3 is 2.39 bits per heavy atom. The van der Waals surface area contributed by atoms with E-state index < -0.39 is 6.10 Å². The van der Waals surface area contributed by atoms with Gasteiger partial charge in [0.1, 0.15) is 11.5 Å². The van der Waals surface area contributed by atoms with E-state index in [1.54, 1.807) is 26.0 Å². The monoisotopic (exact) mass is 313 g/mol. The molecule has 2 aromatic carbocycles. The van der Waals surface area contributed by atoms with E-state index in [4.69, 9.17) is 9.47 Å². The van der Waals surface area contributed by atoms with Crippen LogP contribution in [0.5, 0.6) is 11.5 Å². The Labute approximate surface area is 137 Å². The molecule has 0 bridgehead atoms. The van der Waals surface area contributed by atoms with E-state index >= 15 is 0 Å². The zero-order valence-corrected chi connectivity index (χ0v) is 14.1. The van der Waals surface area contributed by atoms with Gasteiger partial charge in [-0.2, -0.15) is 0 Å². The first-order valence-corrected chi connectivity index (χ1v) is 7.61. The van der Waals surface area contributed by atoms with Crippen LogP contribution in [0.15, 0.2) is 48.5 Å². The van der Waals surface area contributed by atoms with Crippen molar-refractivity contribution in [3.63, 3.8) is 0 Å². The highest BCUT2D eigenvalue weighted by atomic mass is 16.5. The first-order chi connectivity index (χ1) is 11.0. The molecule has 1 amide bonds. The van der Waals surface area contributed by atoms with Crippen LogP contribution in [0, 0.1) is 6.92 Å². The fourth-order valence-electron chi connectivity index (χ4n) is 2.32. The number of hydrogen-bond donors (Lipinski definition) is 0. The number of ether oxygens (including phenoxy) is 2. The van der Waals surface area contributed by atoms with Crippen molar-refractivity contribution in [2.24, 2.45) is 0 Å². The molecule has 0 heterocycles. The number of carbonyl (C=O) groups is 1. The lowest BCUT2D eigenvalue weighted by atomic mass is 10.2. The van der Waals surface area contributed by atoms with Crippen LogP contribution < -0.4 is 9.47 Å². The maximum absolute atomic E-state index is 12.5. The summed E-state index contributed by atoms with van der Waals surface area (Å²) in [7, 11) is 3.42. The molecule has 2 rings (SSSR count). The van der Waals surface area contributed by atoms with Crippen LogP contribution in [-0.2, 0) is 11.3 Å². The molecule has 23 heavy (non-hydrogen) atoms. The molecule has 0 unspecified atom stereocenters. The summed E-state index contributed by atoms with van der Waals surface area (Å²) in [5.74, 6) is 1.49. The summed E-state index contributed by atoms with van der Waals surface area (Å²) in [6.07, 6.45) is -0.528. The van der Waals surface area contributed by atoms with Crippen LogP contribution in [0.25, 0.3) is 0 Å². The van der Waals surface area contributed by atoms with E-state index in [0.717, 1.165) is 22.6 Å². The minimum atomic E-state index is -0.528. The first-order valence-electron chi connectivity index (χ1n) is 7.61. The Hall–Kier alpha value is -2.49. The van der Waals surface area contributed by atoms with Crippen molar-refractivity contribution in [3.05, 3.63) is 59.7 Å². The van der Waals surface area contributed by atoms with E-state index in [0.29, 0.717) is 6.54 Å². The maximum Gasteiger partial charge on any atom is 0.263 e. The van der Waals surface area contributed by atoms with Crippen LogP contribution in [0.3, 0.4) is 0 Å². The summed E-state index contributed by atoms with van der Waals surface area (Å²) in [5, 5.41) is 0. The summed E-state index contributed by atoms with van der Waals surface area (Å²) in [6, 6.07) is 15.4. The number of rotatable bonds is 6. The van der Waals surface area contributed by atoms with Gasteiger partial charge >= 0.3 is 0 Å². The Bertz CT molecular complexity index is 652. The second-order valence-electron chi connectivity index (χ2n) is 5.57. The Kier molecular flexibility index (Phi) is 5.63. The SMILES string of the molecule is COc1ccc(CN(C)C(=O)[C@@H](C)Oc2ccccc2C)cc1. The van der Waals surface area contributed by atoms with E-state index in [1.807, 2.05) is 55.5 Å². The predicted octanol–water partition coefficient (Wildman–Crippen LogP) is 3.43. The third kappa shape index (κ3) is 4.49. The van der Waals surface area contributed by atoms with Gasteiger partial charge < -0.3 is 14.4 Å². The number of methoxy groups -OCH3 is 1. The molecule has 0 N–H and O–H groups in total. The Morgan fingerprint density at radius 1 is 1.13 bits per heavy atom. The molecule has 0 fully saturated rings. The molecule has 0 aliphatic rings. The number of benzene rings is 2. The molecule has 0 aliphatic carbocycles. The van der Waals surface area contributed by atoms with E-state index in [1.165, 1.54) is 0 Å². The molecule has 0 radical (unpaired) electrons. The smallest absolute Gasteiger partial charge is 0.263 e. The number of para-hydroxylation sites is 1.